The molecule has 0 aliphatic rings. The number of ether oxygens (including phenoxy) is 2. The zero-order chi connectivity index (χ0) is 22.9. The topological polar surface area (TPSA) is 27.3 Å². The SMILES string of the molecule is C/C=C/CCOC(C[n+]1ccn(CCOc2c(C)cccc2C)c1)c1ccc(Cl)cc1Cl. The average molecular weight is 474 g/mol. The van der Waals surface area contributed by atoms with Crippen molar-refractivity contribution in [3.05, 3.63) is 94.0 Å². The first kappa shape index (κ1) is 24.4. The fraction of sp³-hybridized carbons (Fsp3) is 0.346. The molecule has 1 unspecified atom stereocenters. The van der Waals surface area contributed by atoms with Crippen molar-refractivity contribution in [2.45, 2.75) is 46.4 Å². The molecule has 170 valence electrons. The van der Waals surface area contributed by atoms with Crippen LogP contribution in [0.4, 0.5) is 0 Å². The lowest BCUT2D eigenvalue weighted by Gasteiger charge is -2.18. The number of allylic oxidation sites excluding steroid dienone is 1. The van der Waals surface area contributed by atoms with Gasteiger partial charge in [-0.1, -0.05) is 59.6 Å². The van der Waals surface area contributed by atoms with E-state index in [1.165, 1.54) is 0 Å². The van der Waals surface area contributed by atoms with E-state index in [1.807, 2.05) is 31.3 Å². The summed E-state index contributed by atoms with van der Waals surface area (Å²) in [5.74, 6) is 0.972. The van der Waals surface area contributed by atoms with Crippen LogP contribution in [-0.4, -0.2) is 17.8 Å². The number of nitrogens with zero attached hydrogens (tertiary/aromatic N) is 2. The van der Waals surface area contributed by atoms with Crippen molar-refractivity contribution >= 4 is 23.2 Å². The Hall–Kier alpha value is -2.27. The Balaban J connectivity index is 1.63. The van der Waals surface area contributed by atoms with E-state index in [0.29, 0.717) is 29.8 Å². The van der Waals surface area contributed by atoms with Crippen LogP contribution >= 0.6 is 23.2 Å². The first-order chi connectivity index (χ1) is 15.5. The van der Waals surface area contributed by atoms with Gasteiger partial charge in [0.05, 0.1) is 6.61 Å². The van der Waals surface area contributed by atoms with Crippen LogP contribution in [0.15, 0.2) is 67.3 Å². The zero-order valence-corrected chi connectivity index (χ0v) is 20.4. The summed E-state index contributed by atoms with van der Waals surface area (Å²) in [7, 11) is 0. The highest BCUT2D eigenvalue weighted by atomic mass is 35.5. The smallest absolute Gasteiger partial charge is 0.243 e. The van der Waals surface area contributed by atoms with Crippen molar-refractivity contribution in [3.63, 3.8) is 0 Å². The molecule has 0 aliphatic carbocycles. The number of para-hydroxylation sites is 1. The van der Waals surface area contributed by atoms with E-state index in [9.17, 15) is 0 Å². The van der Waals surface area contributed by atoms with Gasteiger partial charge in [-0.05, 0) is 50.5 Å². The normalized spacial score (nSPS) is 12.4. The van der Waals surface area contributed by atoms with Gasteiger partial charge in [0, 0.05) is 15.6 Å². The fourth-order valence-corrected chi connectivity index (χ4v) is 4.13. The second-order valence-corrected chi connectivity index (χ2v) is 8.64. The minimum atomic E-state index is -0.170. The molecule has 0 spiro atoms. The van der Waals surface area contributed by atoms with Crippen molar-refractivity contribution in [3.8, 4) is 5.75 Å². The number of hydrogen-bond donors (Lipinski definition) is 0. The molecule has 3 aromatic rings. The molecule has 1 aromatic heterocycles. The van der Waals surface area contributed by atoms with Crippen LogP contribution in [0.25, 0.3) is 0 Å². The summed E-state index contributed by atoms with van der Waals surface area (Å²) in [5.41, 5.74) is 3.26. The quantitative estimate of drug-likeness (QED) is 0.180. The van der Waals surface area contributed by atoms with E-state index in [-0.39, 0.29) is 6.10 Å². The third kappa shape index (κ3) is 6.86. The van der Waals surface area contributed by atoms with E-state index in [2.05, 4.69) is 59.8 Å². The van der Waals surface area contributed by atoms with Crippen LogP contribution in [0, 0.1) is 13.8 Å². The summed E-state index contributed by atoms with van der Waals surface area (Å²) in [6.07, 6.45) is 11.0. The lowest BCUT2D eigenvalue weighted by Crippen LogP contribution is -2.35. The monoisotopic (exact) mass is 473 g/mol. The van der Waals surface area contributed by atoms with Crippen LogP contribution in [0.1, 0.15) is 36.1 Å². The van der Waals surface area contributed by atoms with Gasteiger partial charge in [-0.3, -0.25) is 0 Å². The highest BCUT2D eigenvalue weighted by molar-refractivity contribution is 6.35. The van der Waals surface area contributed by atoms with Crippen molar-refractivity contribution in [1.29, 1.82) is 0 Å². The van der Waals surface area contributed by atoms with Crippen molar-refractivity contribution in [2.75, 3.05) is 13.2 Å². The van der Waals surface area contributed by atoms with Crippen LogP contribution in [-0.2, 0) is 17.8 Å². The minimum absolute atomic E-state index is 0.170. The highest BCUT2D eigenvalue weighted by Gasteiger charge is 2.19. The molecule has 0 saturated heterocycles. The van der Waals surface area contributed by atoms with Gasteiger partial charge >= 0.3 is 0 Å². The highest BCUT2D eigenvalue weighted by Crippen LogP contribution is 2.29. The molecular weight excluding hydrogens is 443 g/mol. The maximum absolute atomic E-state index is 6.48. The van der Waals surface area contributed by atoms with Crippen LogP contribution in [0.5, 0.6) is 5.75 Å². The van der Waals surface area contributed by atoms with Crippen molar-refractivity contribution in [1.82, 2.24) is 4.57 Å². The van der Waals surface area contributed by atoms with Gasteiger partial charge < -0.3 is 9.47 Å². The first-order valence-corrected chi connectivity index (χ1v) is 11.6. The number of aromatic nitrogens is 2. The summed E-state index contributed by atoms with van der Waals surface area (Å²) >= 11 is 12.6. The third-order valence-corrected chi connectivity index (χ3v) is 5.84. The average Bonchev–Trinajstić information content (AvgIpc) is 3.20. The number of halogens is 2. The molecule has 0 N–H and O–H groups in total. The first-order valence-electron chi connectivity index (χ1n) is 10.9. The number of aryl methyl sites for hydroxylation is 2. The van der Waals surface area contributed by atoms with Crippen LogP contribution in [0.2, 0.25) is 10.0 Å². The van der Waals surface area contributed by atoms with Crippen molar-refractivity contribution in [2.24, 2.45) is 0 Å². The number of rotatable bonds is 11. The molecule has 4 nitrogen and oxygen atoms in total. The molecule has 0 bridgehead atoms. The maximum Gasteiger partial charge on any atom is 0.243 e. The summed E-state index contributed by atoms with van der Waals surface area (Å²) in [5, 5.41) is 1.24. The van der Waals surface area contributed by atoms with Gasteiger partial charge in [0.15, 0.2) is 0 Å². The minimum Gasteiger partial charge on any atom is -0.489 e. The number of benzene rings is 2. The van der Waals surface area contributed by atoms with Gasteiger partial charge in [-0.25, -0.2) is 9.13 Å². The predicted molar refractivity (Wildman–Crippen MR) is 131 cm³/mol. The van der Waals surface area contributed by atoms with E-state index in [0.717, 1.165) is 35.4 Å². The number of hydrogen-bond acceptors (Lipinski definition) is 2. The Kier molecular flexibility index (Phi) is 9.22. The molecule has 0 radical (unpaired) electrons. The van der Waals surface area contributed by atoms with Gasteiger partial charge in [-0.15, -0.1) is 0 Å². The lowest BCUT2D eigenvalue weighted by atomic mass is 10.1. The molecule has 6 heteroatoms. The van der Waals surface area contributed by atoms with Gasteiger partial charge in [0.2, 0.25) is 6.33 Å². The largest absolute Gasteiger partial charge is 0.489 e. The molecule has 0 saturated carbocycles. The molecule has 0 aliphatic heterocycles. The number of imidazole rings is 1. The molecule has 3 rings (SSSR count). The molecule has 1 heterocycles. The second kappa shape index (κ2) is 12.1. The van der Waals surface area contributed by atoms with Gasteiger partial charge in [-0.2, -0.15) is 0 Å². The summed E-state index contributed by atoms with van der Waals surface area (Å²) in [6, 6.07) is 11.8. The Labute approximate surface area is 201 Å². The second-order valence-electron chi connectivity index (χ2n) is 7.80. The lowest BCUT2D eigenvalue weighted by molar-refractivity contribution is -0.704. The van der Waals surface area contributed by atoms with Crippen molar-refractivity contribution < 1.29 is 14.0 Å². The van der Waals surface area contributed by atoms with E-state index < -0.39 is 0 Å². The van der Waals surface area contributed by atoms with Gasteiger partial charge in [0.1, 0.15) is 43.9 Å². The molecular formula is C26H31Cl2N2O2+. The molecule has 0 amide bonds. The third-order valence-electron chi connectivity index (χ3n) is 5.28. The predicted octanol–water partition coefficient (Wildman–Crippen LogP) is 6.50. The van der Waals surface area contributed by atoms with Gasteiger partial charge in [0.25, 0.3) is 0 Å². The molecule has 1 atom stereocenters. The van der Waals surface area contributed by atoms with E-state index in [4.69, 9.17) is 32.7 Å². The summed E-state index contributed by atoms with van der Waals surface area (Å²) in [6.45, 7) is 8.80. The Bertz CT molecular complexity index is 1030. The zero-order valence-electron chi connectivity index (χ0n) is 18.9. The molecule has 2 aromatic carbocycles. The molecule has 32 heavy (non-hydrogen) atoms. The van der Waals surface area contributed by atoms with E-state index >= 15 is 0 Å². The summed E-state index contributed by atoms with van der Waals surface area (Å²) in [4.78, 5) is 0. The molecule has 0 fully saturated rings. The van der Waals surface area contributed by atoms with Crippen LogP contribution in [0.3, 0.4) is 0 Å². The maximum atomic E-state index is 6.48. The van der Waals surface area contributed by atoms with E-state index in [1.54, 1.807) is 6.07 Å². The standard InChI is InChI=1S/C26H31Cl2N2O2/c1-4-5-6-15-31-25(23-11-10-22(27)17-24(23)28)18-30-13-12-29(19-30)14-16-32-26-20(2)8-7-9-21(26)3/h4-5,7-13,17,19,25H,6,14-16,18H2,1-3H3/q+1/b5-4+. The Morgan fingerprint density at radius 3 is 2.59 bits per heavy atom. The Morgan fingerprint density at radius 1 is 1.09 bits per heavy atom. The van der Waals surface area contributed by atoms with Crippen LogP contribution < -0.4 is 9.30 Å². The fourth-order valence-electron chi connectivity index (χ4n) is 3.60. The Morgan fingerprint density at radius 2 is 1.88 bits per heavy atom. The summed E-state index contributed by atoms with van der Waals surface area (Å²) < 4.78 is 16.5.